The van der Waals surface area contributed by atoms with Crippen LogP contribution in [0.5, 0.6) is 5.75 Å². The first kappa shape index (κ1) is 34.5. The summed E-state index contributed by atoms with van der Waals surface area (Å²) in [6, 6.07) is 55.1. The molecular weight excluding hydrogens is 794 g/mol. The normalized spacial score (nSPS) is 11.1. The van der Waals surface area contributed by atoms with E-state index in [0.717, 1.165) is 51.6 Å². The van der Waals surface area contributed by atoms with Gasteiger partial charge in [-0.25, -0.2) is 4.98 Å². The van der Waals surface area contributed by atoms with Gasteiger partial charge in [0.1, 0.15) is 11.6 Å². The summed E-state index contributed by atoms with van der Waals surface area (Å²) in [6.07, 6.45) is 2.65. The van der Waals surface area contributed by atoms with Crippen LogP contribution in [-0.2, 0) is 32.9 Å². The van der Waals surface area contributed by atoms with Crippen LogP contribution < -0.4 is 4.90 Å². The fourth-order valence-electron chi connectivity index (χ4n) is 6.06. The van der Waals surface area contributed by atoms with Crippen LogP contribution in [0.25, 0.3) is 33.6 Å². The molecule has 2 aromatic heterocycles. The number of hydrogen-bond acceptors (Lipinski definition) is 4. The third kappa shape index (κ3) is 7.77. The zero-order valence-electron chi connectivity index (χ0n) is 28.3. The molecule has 0 aliphatic heterocycles. The number of rotatable bonds is 8. The standard InChI is InChI=1S/C45H38N3O.Pt/c1-45(2,3)37-27-36(28-39(31-37)48(38-19-8-5-9-20-38)44-23-12-13-24-46-44)41-29-35(30-42(47-41)40-21-10-11-22-43(40)49)34-18-14-17-33(26-34)25-32-15-6-4-7-16-32;/h4-24,26-27,29-31,49H,25H2,1-3H3;/q-1;. The van der Waals surface area contributed by atoms with Crippen LogP contribution in [0, 0.1) is 6.07 Å². The smallest absolute Gasteiger partial charge is 0.136 e. The molecule has 7 aromatic rings. The summed E-state index contributed by atoms with van der Waals surface area (Å²) < 4.78 is 0. The van der Waals surface area contributed by atoms with Gasteiger partial charge in [-0.15, -0.1) is 29.3 Å². The third-order valence-electron chi connectivity index (χ3n) is 8.65. The van der Waals surface area contributed by atoms with Crippen molar-refractivity contribution in [1.29, 1.82) is 0 Å². The summed E-state index contributed by atoms with van der Waals surface area (Å²) in [7, 11) is 0. The second-order valence-electron chi connectivity index (χ2n) is 13.3. The molecule has 0 aliphatic rings. The summed E-state index contributed by atoms with van der Waals surface area (Å²) in [5, 5.41) is 11.0. The number of aromatic nitrogens is 2. The molecule has 1 N–H and O–H groups in total. The molecule has 0 amide bonds. The van der Waals surface area contributed by atoms with E-state index in [2.05, 4.69) is 117 Å². The Morgan fingerprint density at radius 1 is 0.640 bits per heavy atom. The zero-order valence-corrected chi connectivity index (χ0v) is 30.6. The summed E-state index contributed by atoms with van der Waals surface area (Å²) in [5.74, 6) is 0.989. The number of anilines is 3. The number of phenolic OH excluding ortho intramolecular Hbond substituents is 1. The van der Waals surface area contributed by atoms with Gasteiger partial charge >= 0.3 is 0 Å². The van der Waals surface area contributed by atoms with E-state index >= 15 is 0 Å². The molecule has 0 bridgehead atoms. The van der Waals surface area contributed by atoms with Crippen molar-refractivity contribution in [3.63, 3.8) is 0 Å². The minimum Gasteiger partial charge on any atom is -0.507 e. The number of aromatic hydroxyl groups is 1. The van der Waals surface area contributed by atoms with Crippen LogP contribution in [0.2, 0.25) is 0 Å². The Kier molecular flexibility index (Phi) is 10.4. The third-order valence-corrected chi connectivity index (χ3v) is 8.65. The Morgan fingerprint density at radius 3 is 2.04 bits per heavy atom. The number of hydrogen-bond donors (Lipinski definition) is 1. The molecule has 0 radical (unpaired) electrons. The molecule has 0 saturated carbocycles. The van der Waals surface area contributed by atoms with E-state index in [1.165, 1.54) is 11.1 Å². The molecule has 7 rings (SSSR count). The van der Waals surface area contributed by atoms with Crippen LogP contribution >= 0.6 is 0 Å². The van der Waals surface area contributed by atoms with Crippen molar-refractivity contribution in [1.82, 2.24) is 9.97 Å². The van der Waals surface area contributed by atoms with Gasteiger partial charge in [-0.1, -0.05) is 118 Å². The van der Waals surface area contributed by atoms with E-state index in [-0.39, 0.29) is 32.2 Å². The van der Waals surface area contributed by atoms with Gasteiger partial charge in [-0.05, 0) is 87.9 Å². The first-order valence-electron chi connectivity index (χ1n) is 16.6. The number of benzene rings is 5. The van der Waals surface area contributed by atoms with Crippen molar-refractivity contribution < 1.29 is 26.2 Å². The van der Waals surface area contributed by atoms with Gasteiger partial charge < -0.3 is 10.0 Å². The second kappa shape index (κ2) is 15.1. The SMILES string of the molecule is CC(C)(C)c1cc(-c2cc(-c3cccc(Cc4ccccc4)c3)cc(-c3ccccc3O)n2)[c-]c(N(c2ccccc2)c2ccccn2)c1.[Pt]. The predicted molar refractivity (Wildman–Crippen MR) is 201 cm³/mol. The molecule has 5 heteroatoms. The maximum absolute atomic E-state index is 11.0. The van der Waals surface area contributed by atoms with Crippen LogP contribution in [0.3, 0.4) is 0 Å². The van der Waals surface area contributed by atoms with Crippen molar-refractivity contribution in [2.24, 2.45) is 0 Å². The molecule has 0 aliphatic carbocycles. The van der Waals surface area contributed by atoms with Gasteiger partial charge in [-0.3, -0.25) is 4.98 Å². The van der Waals surface area contributed by atoms with E-state index in [1.54, 1.807) is 6.07 Å². The Balaban J connectivity index is 0.00000432. The van der Waals surface area contributed by atoms with Crippen LogP contribution in [0.4, 0.5) is 17.2 Å². The van der Waals surface area contributed by atoms with Crippen molar-refractivity contribution in [2.45, 2.75) is 32.6 Å². The summed E-state index contributed by atoms with van der Waals surface area (Å²) >= 11 is 0. The number of para-hydroxylation sites is 2. The van der Waals surface area contributed by atoms with E-state index in [1.807, 2.05) is 66.9 Å². The van der Waals surface area contributed by atoms with Crippen molar-refractivity contribution in [3.05, 3.63) is 181 Å². The van der Waals surface area contributed by atoms with Gasteiger partial charge in [0.05, 0.1) is 5.69 Å². The van der Waals surface area contributed by atoms with Crippen molar-refractivity contribution >= 4 is 17.2 Å². The molecule has 4 nitrogen and oxygen atoms in total. The molecule has 250 valence electrons. The molecule has 50 heavy (non-hydrogen) atoms. The molecule has 0 atom stereocenters. The molecule has 2 heterocycles. The Labute approximate surface area is 309 Å². The number of phenols is 1. The second-order valence-corrected chi connectivity index (χ2v) is 13.3. The van der Waals surface area contributed by atoms with E-state index in [9.17, 15) is 5.11 Å². The topological polar surface area (TPSA) is 49.3 Å². The van der Waals surface area contributed by atoms with E-state index < -0.39 is 0 Å². The van der Waals surface area contributed by atoms with Crippen molar-refractivity contribution in [2.75, 3.05) is 4.90 Å². The van der Waals surface area contributed by atoms with Gasteiger partial charge in [-0.2, -0.15) is 0 Å². The predicted octanol–water partition coefficient (Wildman–Crippen LogP) is 11.3. The Morgan fingerprint density at radius 2 is 1.32 bits per heavy atom. The van der Waals surface area contributed by atoms with E-state index in [0.29, 0.717) is 11.3 Å². The minimum absolute atomic E-state index is 0. The van der Waals surface area contributed by atoms with Crippen LogP contribution in [0.1, 0.15) is 37.5 Å². The maximum Gasteiger partial charge on any atom is 0.136 e. The first-order chi connectivity index (χ1) is 23.8. The zero-order chi connectivity index (χ0) is 33.8. The van der Waals surface area contributed by atoms with Gasteiger partial charge in [0.2, 0.25) is 0 Å². The Hall–Kier alpha value is -5.31. The first-order valence-corrected chi connectivity index (χ1v) is 16.6. The van der Waals surface area contributed by atoms with Gasteiger partial charge in [0, 0.05) is 38.5 Å². The summed E-state index contributed by atoms with van der Waals surface area (Å²) in [4.78, 5) is 12.1. The van der Waals surface area contributed by atoms with Crippen LogP contribution in [0.15, 0.2) is 158 Å². The molecule has 0 spiro atoms. The average molecular weight is 832 g/mol. The van der Waals surface area contributed by atoms with Gasteiger partial charge in [0.15, 0.2) is 0 Å². The quantitative estimate of drug-likeness (QED) is 0.155. The molecule has 0 fully saturated rings. The van der Waals surface area contributed by atoms with Crippen molar-refractivity contribution in [3.8, 4) is 39.4 Å². The molecule has 0 unspecified atom stereocenters. The Bertz CT molecular complexity index is 2160. The summed E-state index contributed by atoms with van der Waals surface area (Å²) in [5.41, 5.74) is 10.4. The molecule has 0 saturated heterocycles. The fraction of sp³-hybridized carbons (Fsp3) is 0.111. The monoisotopic (exact) mass is 831 g/mol. The minimum atomic E-state index is -0.158. The molecular formula is C45H38N3OPt-. The van der Waals surface area contributed by atoms with Crippen LogP contribution in [-0.4, -0.2) is 15.1 Å². The fourth-order valence-corrected chi connectivity index (χ4v) is 6.06. The van der Waals surface area contributed by atoms with Gasteiger partial charge in [0.25, 0.3) is 0 Å². The number of pyridine rings is 2. The molecule has 5 aromatic carbocycles. The maximum atomic E-state index is 11.0. The van der Waals surface area contributed by atoms with E-state index in [4.69, 9.17) is 9.97 Å². The summed E-state index contributed by atoms with van der Waals surface area (Å²) in [6.45, 7) is 6.66. The largest absolute Gasteiger partial charge is 0.507 e. The number of nitrogens with zero attached hydrogens (tertiary/aromatic N) is 3. The average Bonchev–Trinajstić information content (AvgIpc) is 3.13.